The van der Waals surface area contributed by atoms with Crippen molar-refractivity contribution in [3.05, 3.63) is 0 Å². The molecule has 7 heteroatoms. The number of urea groups is 1. The molecule has 1 saturated heterocycles. The van der Waals surface area contributed by atoms with E-state index < -0.39 is 29.5 Å². The molecule has 7 nitrogen and oxygen atoms in total. The number of likely N-dealkylation sites (N-methyl/N-ethyl adjacent to an activating group) is 1. The predicted octanol–water partition coefficient (Wildman–Crippen LogP) is 0.0156. The molecule has 3 amide bonds. The second-order valence-corrected chi connectivity index (χ2v) is 5.86. The number of nitrogens with one attached hydrogen (secondary N) is 2. The first kappa shape index (κ1) is 15.3. The number of hydrogen-bond donors (Lipinski definition) is 3. The Bertz CT molecular complexity index is 389. The second-order valence-electron chi connectivity index (χ2n) is 5.86. The molecule has 3 N–H and O–H groups in total. The van der Waals surface area contributed by atoms with Crippen LogP contribution >= 0.6 is 0 Å². The molecule has 0 spiro atoms. The van der Waals surface area contributed by atoms with Gasteiger partial charge in [0.25, 0.3) is 0 Å². The highest BCUT2D eigenvalue weighted by Gasteiger charge is 2.35. The number of amides is 3. The zero-order valence-corrected chi connectivity index (χ0v) is 11.7. The van der Waals surface area contributed by atoms with E-state index in [2.05, 4.69) is 10.6 Å². The maximum Gasteiger partial charge on any atom is 0.326 e. The summed E-state index contributed by atoms with van der Waals surface area (Å²) in [4.78, 5) is 36.0. The molecule has 0 aromatic rings. The van der Waals surface area contributed by atoms with E-state index in [9.17, 15) is 14.4 Å². The van der Waals surface area contributed by atoms with Gasteiger partial charge in [0.05, 0.1) is 0 Å². The van der Waals surface area contributed by atoms with Gasteiger partial charge in [-0.3, -0.25) is 4.79 Å². The molecule has 0 radical (unpaired) electrons. The number of hydrogen-bond acceptors (Lipinski definition) is 3. The molecule has 19 heavy (non-hydrogen) atoms. The van der Waals surface area contributed by atoms with Crippen LogP contribution in [0.5, 0.6) is 0 Å². The summed E-state index contributed by atoms with van der Waals surface area (Å²) in [5.41, 5.74) is -0.611. The molecule has 108 valence electrons. The van der Waals surface area contributed by atoms with Crippen LogP contribution in [-0.2, 0) is 9.59 Å². The summed E-state index contributed by atoms with van der Waals surface area (Å²) in [7, 11) is 1.66. The zero-order valence-electron chi connectivity index (χ0n) is 11.7. The smallest absolute Gasteiger partial charge is 0.326 e. The van der Waals surface area contributed by atoms with Gasteiger partial charge in [0.2, 0.25) is 5.91 Å². The maximum absolute atomic E-state index is 11.8. The quantitative estimate of drug-likeness (QED) is 0.673. The number of nitrogens with zero attached hydrogens (tertiary/aromatic N) is 1. The summed E-state index contributed by atoms with van der Waals surface area (Å²) < 4.78 is 0. The number of carboxylic acids is 1. The first-order valence-electron chi connectivity index (χ1n) is 6.17. The average molecular weight is 271 g/mol. The minimum Gasteiger partial charge on any atom is -0.480 e. The summed E-state index contributed by atoms with van der Waals surface area (Å²) in [5, 5.41) is 14.0. The minimum absolute atomic E-state index is 0.155. The van der Waals surface area contributed by atoms with Crippen molar-refractivity contribution in [3.8, 4) is 0 Å². The predicted molar refractivity (Wildman–Crippen MR) is 68.6 cm³/mol. The van der Waals surface area contributed by atoms with Crippen molar-refractivity contribution in [1.29, 1.82) is 0 Å². The normalized spacial score (nSPS) is 21.2. The van der Waals surface area contributed by atoms with Gasteiger partial charge in [-0.25, -0.2) is 9.59 Å². The molecule has 0 aromatic heterocycles. The van der Waals surface area contributed by atoms with Crippen LogP contribution in [0.15, 0.2) is 0 Å². The Hall–Kier alpha value is -1.79. The number of carbonyl (C=O) groups excluding carboxylic acids is 2. The molecule has 1 rings (SSSR count). The van der Waals surface area contributed by atoms with Crippen LogP contribution in [0, 0.1) is 5.41 Å². The first-order valence-corrected chi connectivity index (χ1v) is 6.17. The van der Waals surface area contributed by atoms with Crippen molar-refractivity contribution in [2.24, 2.45) is 5.41 Å². The lowest BCUT2D eigenvalue weighted by molar-refractivity contribution is -0.141. The summed E-state index contributed by atoms with van der Waals surface area (Å²) in [6, 6.07) is -2.21. The average Bonchev–Trinajstić information content (AvgIpc) is 2.56. The lowest BCUT2D eigenvalue weighted by atomic mass is 9.87. The minimum atomic E-state index is -1.10. The van der Waals surface area contributed by atoms with Crippen LogP contribution in [0.2, 0.25) is 0 Å². The highest BCUT2D eigenvalue weighted by molar-refractivity contribution is 5.90. The fourth-order valence-electron chi connectivity index (χ4n) is 1.94. The van der Waals surface area contributed by atoms with Gasteiger partial charge in [-0.1, -0.05) is 20.8 Å². The standard InChI is InChI=1S/C12H21N3O4/c1-12(2,3)8(10(17)18)14-11(19)13-7-5-6-15(4)9(7)16/h7-8H,5-6H2,1-4H3,(H,17,18)(H2,13,14,19). The lowest BCUT2D eigenvalue weighted by Crippen LogP contribution is -2.54. The van der Waals surface area contributed by atoms with E-state index in [0.29, 0.717) is 13.0 Å². The summed E-state index contributed by atoms with van der Waals surface area (Å²) in [6.07, 6.45) is 0.538. The Morgan fingerprint density at radius 2 is 2.00 bits per heavy atom. The van der Waals surface area contributed by atoms with Crippen LogP contribution in [-0.4, -0.2) is 53.6 Å². The van der Waals surface area contributed by atoms with Crippen molar-refractivity contribution in [3.63, 3.8) is 0 Å². The zero-order chi connectivity index (χ0) is 14.8. The van der Waals surface area contributed by atoms with Gasteiger partial charge in [0.15, 0.2) is 0 Å². The van der Waals surface area contributed by atoms with E-state index in [1.54, 1.807) is 27.8 Å². The fraction of sp³-hybridized carbons (Fsp3) is 0.750. The van der Waals surface area contributed by atoms with Crippen LogP contribution in [0.3, 0.4) is 0 Å². The van der Waals surface area contributed by atoms with Crippen LogP contribution in [0.1, 0.15) is 27.2 Å². The van der Waals surface area contributed by atoms with E-state index in [4.69, 9.17) is 5.11 Å². The van der Waals surface area contributed by atoms with Crippen LogP contribution < -0.4 is 10.6 Å². The number of rotatable bonds is 3. The monoisotopic (exact) mass is 271 g/mol. The number of likely N-dealkylation sites (tertiary alicyclic amines) is 1. The molecule has 0 saturated carbocycles. The molecule has 2 unspecified atom stereocenters. The highest BCUT2D eigenvalue weighted by Crippen LogP contribution is 2.19. The molecule has 1 aliphatic heterocycles. The van der Waals surface area contributed by atoms with E-state index in [1.807, 2.05) is 0 Å². The van der Waals surface area contributed by atoms with Gasteiger partial charge in [-0.05, 0) is 11.8 Å². The Balaban J connectivity index is 2.59. The molecule has 0 aliphatic carbocycles. The lowest BCUT2D eigenvalue weighted by Gasteiger charge is -2.28. The van der Waals surface area contributed by atoms with Crippen molar-refractivity contribution < 1.29 is 19.5 Å². The van der Waals surface area contributed by atoms with Crippen molar-refractivity contribution in [2.75, 3.05) is 13.6 Å². The molecule has 0 bridgehead atoms. The van der Waals surface area contributed by atoms with Gasteiger partial charge < -0.3 is 20.6 Å². The third-order valence-electron chi connectivity index (χ3n) is 3.12. The Morgan fingerprint density at radius 3 is 2.37 bits per heavy atom. The van der Waals surface area contributed by atoms with E-state index >= 15 is 0 Å². The van der Waals surface area contributed by atoms with Gasteiger partial charge in [0, 0.05) is 13.6 Å². The number of carbonyl (C=O) groups is 3. The Kier molecular flexibility index (Phi) is 4.39. The van der Waals surface area contributed by atoms with Gasteiger partial charge in [0.1, 0.15) is 12.1 Å². The number of carboxylic acid groups (broad SMARTS) is 1. The van der Waals surface area contributed by atoms with Gasteiger partial charge >= 0.3 is 12.0 Å². The molecule has 1 heterocycles. The van der Waals surface area contributed by atoms with Gasteiger partial charge in [-0.15, -0.1) is 0 Å². The Morgan fingerprint density at radius 1 is 1.42 bits per heavy atom. The van der Waals surface area contributed by atoms with E-state index in [-0.39, 0.29) is 5.91 Å². The largest absolute Gasteiger partial charge is 0.480 e. The summed E-state index contributed by atoms with van der Waals surface area (Å²) in [6.45, 7) is 5.76. The van der Waals surface area contributed by atoms with Crippen molar-refractivity contribution >= 4 is 17.9 Å². The highest BCUT2D eigenvalue weighted by atomic mass is 16.4. The first-order chi connectivity index (χ1) is 8.62. The summed E-state index contributed by atoms with van der Waals surface area (Å²) in [5.74, 6) is -1.25. The third-order valence-corrected chi connectivity index (χ3v) is 3.12. The van der Waals surface area contributed by atoms with E-state index in [0.717, 1.165) is 0 Å². The number of aliphatic carboxylic acids is 1. The molecule has 1 fully saturated rings. The molecular formula is C12H21N3O4. The SMILES string of the molecule is CN1CCC(NC(=O)NC(C(=O)O)C(C)(C)C)C1=O. The van der Waals surface area contributed by atoms with E-state index in [1.165, 1.54) is 4.90 Å². The topological polar surface area (TPSA) is 98.7 Å². The second kappa shape index (κ2) is 5.46. The third kappa shape index (κ3) is 3.84. The Labute approximate surface area is 112 Å². The van der Waals surface area contributed by atoms with Gasteiger partial charge in [-0.2, -0.15) is 0 Å². The molecule has 2 atom stereocenters. The maximum atomic E-state index is 11.8. The molecule has 1 aliphatic rings. The van der Waals surface area contributed by atoms with Crippen molar-refractivity contribution in [2.45, 2.75) is 39.3 Å². The molecule has 0 aromatic carbocycles. The molecular weight excluding hydrogens is 250 g/mol. The fourth-order valence-corrected chi connectivity index (χ4v) is 1.94. The van der Waals surface area contributed by atoms with Crippen LogP contribution in [0.25, 0.3) is 0 Å². The van der Waals surface area contributed by atoms with Crippen LogP contribution in [0.4, 0.5) is 4.79 Å². The van der Waals surface area contributed by atoms with Crippen molar-refractivity contribution in [1.82, 2.24) is 15.5 Å². The summed E-state index contributed by atoms with van der Waals surface area (Å²) >= 11 is 0.